The predicted molar refractivity (Wildman–Crippen MR) is 131 cm³/mol. The number of ether oxygens (including phenoxy) is 1. The van der Waals surface area contributed by atoms with E-state index in [-0.39, 0.29) is 5.75 Å². The zero-order valence-electron chi connectivity index (χ0n) is 18.1. The molecular formula is C27H24O4S. The first-order valence-corrected chi connectivity index (χ1v) is 11.2. The van der Waals surface area contributed by atoms with Crippen molar-refractivity contribution in [2.75, 3.05) is 0 Å². The van der Waals surface area contributed by atoms with Crippen LogP contribution in [0.3, 0.4) is 0 Å². The molecule has 0 bridgehead atoms. The lowest BCUT2D eigenvalue weighted by Crippen LogP contribution is -1.95. The highest BCUT2D eigenvalue weighted by molar-refractivity contribution is 7.22. The molecular weight excluding hydrogens is 420 g/mol. The van der Waals surface area contributed by atoms with Crippen molar-refractivity contribution in [1.29, 1.82) is 0 Å². The molecule has 0 unspecified atom stereocenters. The van der Waals surface area contributed by atoms with E-state index >= 15 is 0 Å². The van der Waals surface area contributed by atoms with E-state index < -0.39 is 5.97 Å². The van der Waals surface area contributed by atoms with Gasteiger partial charge in [0.2, 0.25) is 0 Å². The maximum absolute atomic E-state index is 10.7. The summed E-state index contributed by atoms with van der Waals surface area (Å²) in [7, 11) is 0. The first-order chi connectivity index (χ1) is 15.3. The molecule has 4 rings (SSSR count). The van der Waals surface area contributed by atoms with Gasteiger partial charge in [-0.05, 0) is 65.9 Å². The van der Waals surface area contributed by atoms with Gasteiger partial charge in [-0.2, -0.15) is 0 Å². The van der Waals surface area contributed by atoms with Crippen molar-refractivity contribution in [2.24, 2.45) is 0 Å². The molecule has 0 radical (unpaired) electrons. The Morgan fingerprint density at radius 2 is 1.81 bits per heavy atom. The summed E-state index contributed by atoms with van der Waals surface area (Å²) >= 11 is 1.61. The number of rotatable bonds is 6. The molecule has 162 valence electrons. The van der Waals surface area contributed by atoms with Crippen molar-refractivity contribution in [2.45, 2.75) is 26.7 Å². The van der Waals surface area contributed by atoms with Gasteiger partial charge < -0.3 is 14.9 Å². The van der Waals surface area contributed by atoms with Gasteiger partial charge in [0.05, 0.1) is 4.88 Å². The van der Waals surface area contributed by atoms with Crippen molar-refractivity contribution in [1.82, 2.24) is 0 Å². The van der Waals surface area contributed by atoms with Gasteiger partial charge >= 0.3 is 5.97 Å². The van der Waals surface area contributed by atoms with Gasteiger partial charge in [-0.1, -0.05) is 44.2 Å². The SMILES string of the molecule is Cc1cccc(C(C)C)c1-c1sc2cc(O)ccc2c1Oc1ccc(C=CC(=O)O)cc1. The molecule has 0 saturated heterocycles. The number of aryl methyl sites for hydroxylation is 1. The number of aliphatic carboxylic acids is 1. The summed E-state index contributed by atoms with van der Waals surface area (Å²) < 4.78 is 7.37. The molecule has 2 N–H and O–H groups in total. The third kappa shape index (κ3) is 4.39. The lowest BCUT2D eigenvalue weighted by molar-refractivity contribution is -0.131. The van der Waals surface area contributed by atoms with Crippen LogP contribution in [-0.2, 0) is 4.79 Å². The zero-order chi connectivity index (χ0) is 22.8. The highest BCUT2D eigenvalue weighted by atomic mass is 32.1. The van der Waals surface area contributed by atoms with Gasteiger partial charge in [-0.3, -0.25) is 0 Å². The fraction of sp³-hybridized carbons (Fsp3) is 0.148. The van der Waals surface area contributed by atoms with Crippen LogP contribution in [-0.4, -0.2) is 16.2 Å². The lowest BCUT2D eigenvalue weighted by Gasteiger charge is -2.16. The fourth-order valence-corrected chi connectivity index (χ4v) is 5.04. The standard InChI is InChI=1S/C27H24O4S/c1-16(2)21-6-4-5-17(3)25(21)27-26(22-13-10-19(28)15-23(22)32-27)31-20-11-7-18(8-12-20)9-14-24(29)30/h4-16,28H,1-3H3,(H,29,30). The molecule has 0 aliphatic rings. The second kappa shape index (κ2) is 8.89. The molecule has 4 nitrogen and oxygen atoms in total. The smallest absolute Gasteiger partial charge is 0.328 e. The summed E-state index contributed by atoms with van der Waals surface area (Å²) in [6, 6.07) is 19.0. The molecule has 32 heavy (non-hydrogen) atoms. The second-order valence-electron chi connectivity index (χ2n) is 7.98. The Labute approximate surface area is 191 Å². The molecule has 0 fully saturated rings. The lowest BCUT2D eigenvalue weighted by atomic mass is 9.92. The summed E-state index contributed by atoms with van der Waals surface area (Å²) in [4.78, 5) is 11.8. The summed E-state index contributed by atoms with van der Waals surface area (Å²) in [6.45, 7) is 6.47. The predicted octanol–water partition coefficient (Wildman–Crippen LogP) is 7.60. The van der Waals surface area contributed by atoms with Gasteiger partial charge in [-0.25, -0.2) is 4.79 Å². The monoisotopic (exact) mass is 444 g/mol. The van der Waals surface area contributed by atoms with Gasteiger partial charge in [0.15, 0.2) is 5.75 Å². The normalized spacial score (nSPS) is 11.5. The van der Waals surface area contributed by atoms with E-state index in [1.807, 2.05) is 30.3 Å². The van der Waals surface area contributed by atoms with E-state index in [1.54, 1.807) is 29.5 Å². The van der Waals surface area contributed by atoms with Crippen molar-refractivity contribution >= 4 is 33.5 Å². The number of hydrogen-bond acceptors (Lipinski definition) is 4. The minimum absolute atomic E-state index is 0.222. The Bertz CT molecular complexity index is 1310. The Morgan fingerprint density at radius 3 is 2.50 bits per heavy atom. The average Bonchev–Trinajstić information content (AvgIpc) is 3.09. The number of fused-ring (bicyclic) bond motifs is 1. The molecule has 0 spiro atoms. The van der Waals surface area contributed by atoms with Crippen LogP contribution in [0.4, 0.5) is 0 Å². The van der Waals surface area contributed by atoms with Crippen LogP contribution in [0.15, 0.2) is 66.7 Å². The van der Waals surface area contributed by atoms with Gasteiger partial charge in [-0.15, -0.1) is 11.3 Å². The summed E-state index contributed by atoms with van der Waals surface area (Å²) in [5.74, 6) is 1.00. The van der Waals surface area contributed by atoms with E-state index in [9.17, 15) is 9.90 Å². The zero-order valence-corrected chi connectivity index (χ0v) is 18.9. The Kier molecular flexibility index (Phi) is 6.01. The molecule has 1 heterocycles. The maximum atomic E-state index is 10.7. The van der Waals surface area contributed by atoms with E-state index in [4.69, 9.17) is 9.84 Å². The van der Waals surface area contributed by atoms with Crippen LogP contribution in [0, 0.1) is 6.92 Å². The molecule has 0 atom stereocenters. The van der Waals surface area contributed by atoms with Gasteiger partial charge in [0.1, 0.15) is 11.5 Å². The quantitative estimate of drug-likeness (QED) is 0.301. The van der Waals surface area contributed by atoms with Crippen molar-refractivity contribution in [3.05, 3.63) is 83.4 Å². The first kappa shape index (κ1) is 21.7. The van der Waals surface area contributed by atoms with Gasteiger partial charge in [0.25, 0.3) is 0 Å². The molecule has 0 saturated carbocycles. The number of carboxylic acids is 1. The Balaban J connectivity index is 1.84. The number of carbonyl (C=O) groups is 1. The summed E-state index contributed by atoms with van der Waals surface area (Å²) in [5.41, 5.74) is 4.37. The minimum atomic E-state index is -0.984. The van der Waals surface area contributed by atoms with Crippen molar-refractivity contribution in [3.8, 4) is 27.7 Å². The number of phenols is 1. The number of thiophene rings is 1. The summed E-state index contributed by atoms with van der Waals surface area (Å²) in [5, 5.41) is 19.8. The molecule has 1 aromatic heterocycles. The highest BCUT2D eigenvalue weighted by Crippen LogP contribution is 2.49. The molecule has 0 amide bonds. The molecule has 3 aromatic carbocycles. The van der Waals surface area contributed by atoms with E-state index in [1.165, 1.54) is 16.7 Å². The average molecular weight is 445 g/mol. The van der Waals surface area contributed by atoms with Crippen LogP contribution in [0.1, 0.15) is 36.5 Å². The van der Waals surface area contributed by atoms with Crippen molar-refractivity contribution < 1.29 is 19.7 Å². The second-order valence-corrected chi connectivity index (χ2v) is 9.03. The van der Waals surface area contributed by atoms with E-state index in [2.05, 4.69) is 39.0 Å². The largest absolute Gasteiger partial charge is 0.508 e. The van der Waals surface area contributed by atoms with Crippen LogP contribution in [0.5, 0.6) is 17.2 Å². The summed E-state index contributed by atoms with van der Waals surface area (Å²) in [6.07, 6.45) is 2.65. The van der Waals surface area contributed by atoms with E-state index in [0.717, 1.165) is 32.4 Å². The van der Waals surface area contributed by atoms with Crippen LogP contribution in [0.2, 0.25) is 0 Å². The Morgan fingerprint density at radius 1 is 1.06 bits per heavy atom. The highest BCUT2D eigenvalue weighted by Gasteiger charge is 2.21. The first-order valence-electron chi connectivity index (χ1n) is 10.4. The Hall–Kier alpha value is -3.57. The number of phenolic OH excluding ortho intramolecular Hbond substituents is 1. The third-order valence-corrected chi connectivity index (χ3v) is 6.45. The van der Waals surface area contributed by atoms with Crippen molar-refractivity contribution in [3.63, 3.8) is 0 Å². The minimum Gasteiger partial charge on any atom is -0.508 e. The van der Waals surface area contributed by atoms with E-state index in [0.29, 0.717) is 11.7 Å². The molecule has 4 aromatic rings. The van der Waals surface area contributed by atoms with Crippen LogP contribution in [0.25, 0.3) is 26.6 Å². The number of hydrogen-bond donors (Lipinski definition) is 2. The van der Waals surface area contributed by atoms with Crippen LogP contribution < -0.4 is 4.74 Å². The maximum Gasteiger partial charge on any atom is 0.328 e. The fourth-order valence-electron chi connectivity index (χ4n) is 3.74. The molecule has 0 aliphatic heterocycles. The molecule has 5 heteroatoms. The number of carboxylic acid groups (broad SMARTS) is 1. The van der Waals surface area contributed by atoms with Gasteiger partial charge in [0, 0.05) is 21.7 Å². The number of aromatic hydroxyl groups is 1. The number of benzene rings is 3. The molecule has 0 aliphatic carbocycles. The third-order valence-electron chi connectivity index (χ3n) is 5.30. The van der Waals surface area contributed by atoms with Crippen LogP contribution >= 0.6 is 11.3 Å². The topological polar surface area (TPSA) is 66.8 Å².